The fourth-order valence-corrected chi connectivity index (χ4v) is 1.37. The van der Waals surface area contributed by atoms with E-state index in [2.05, 4.69) is 20.9 Å². The minimum atomic E-state index is -0.508. The average Bonchev–Trinajstić information content (AvgIpc) is 2.22. The number of ether oxygens (including phenoxy) is 2. The first kappa shape index (κ1) is 12.4. The molecule has 0 saturated carbocycles. The number of hydrogen-bond donors (Lipinski definition) is 0. The minimum absolute atomic E-state index is 0.126. The molecule has 6 heteroatoms. The van der Waals surface area contributed by atoms with Crippen LogP contribution >= 0.6 is 27.5 Å². The summed E-state index contributed by atoms with van der Waals surface area (Å²) in [6.07, 6.45) is 1.51. The lowest BCUT2D eigenvalue weighted by molar-refractivity contribution is 0.0388. The van der Waals surface area contributed by atoms with Gasteiger partial charge in [0.05, 0.1) is 12.2 Å². The second kappa shape index (κ2) is 6.05. The van der Waals surface area contributed by atoms with Gasteiger partial charge in [0.2, 0.25) is 0 Å². The normalized spacial score (nSPS) is 10.1. The molecule has 0 amide bonds. The molecule has 82 valence electrons. The quantitative estimate of drug-likeness (QED) is 0.486. The number of pyridine rings is 1. The van der Waals surface area contributed by atoms with Gasteiger partial charge in [0, 0.05) is 17.8 Å². The lowest BCUT2D eigenvalue weighted by Crippen LogP contribution is -2.10. The van der Waals surface area contributed by atoms with Crippen molar-refractivity contribution in [1.82, 2.24) is 4.98 Å². The molecule has 0 atom stereocenters. The fourth-order valence-electron chi connectivity index (χ4n) is 0.861. The van der Waals surface area contributed by atoms with E-state index < -0.39 is 5.97 Å². The molecule has 0 radical (unpaired) electrons. The SMILES string of the molecule is COCCOC(=O)c1cc(Br)cnc1Cl. The van der Waals surface area contributed by atoms with Crippen molar-refractivity contribution >= 4 is 33.5 Å². The molecule has 0 unspecified atom stereocenters. The van der Waals surface area contributed by atoms with Crippen LogP contribution in [0.4, 0.5) is 0 Å². The van der Waals surface area contributed by atoms with Crippen molar-refractivity contribution in [3.8, 4) is 0 Å². The molecule has 1 rings (SSSR count). The summed E-state index contributed by atoms with van der Waals surface area (Å²) in [6, 6.07) is 1.56. The lowest BCUT2D eigenvalue weighted by Gasteiger charge is -2.05. The highest BCUT2D eigenvalue weighted by atomic mass is 79.9. The van der Waals surface area contributed by atoms with Crippen molar-refractivity contribution < 1.29 is 14.3 Å². The summed E-state index contributed by atoms with van der Waals surface area (Å²) in [7, 11) is 1.53. The molecule has 0 aromatic carbocycles. The van der Waals surface area contributed by atoms with Crippen LogP contribution in [0.15, 0.2) is 16.7 Å². The van der Waals surface area contributed by atoms with E-state index in [0.717, 1.165) is 0 Å². The van der Waals surface area contributed by atoms with Crippen LogP contribution < -0.4 is 0 Å². The van der Waals surface area contributed by atoms with E-state index in [1.54, 1.807) is 6.07 Å². The van der Waals surface area contributed by atoms with E-state index in [1.807, 2.05) is 0 Å². The average molecular weight is 295 g/mol. The van der Waals surface area contributed by atoms with Gasteiger partial charge in [-0.1, -0.05) is 11.6 Å². The third-order valence-corrected chi connectivity index (χ3v) is 2.28. The minimum Gasteiger partial charge on any atom is -0.460 e. The summed E-state index contributed by atoms with van der Waals surface area (Å²) in [5.74, 6) is -0.508. The number of methoxy groups -OCH3 is 1. The Balaban J connectivity index is 2.68. The van der Waals surface area contributed by atoms with Crippen LogP contribution in [-0.4, -0.2) is 31.3 Å². The standard InChI is InChI=1S/C9H9BrClNO3/c1-14-2-3-15-9(13)7-4-6(10)5-12-8(7)11/h4-5H,2-3H2,1H3. The van der Waals surface area contributed by atoms with Gasteiger partial charge in [0.1, 0.15) is 11.8 Å². The number of esters is 1. The van der Waals surface area contributed by atoms with Gasteiger partial charge in [-0.2, -0.15) is 0 Å². The zero-order valence-corrected chi connectivity index (χ0v) is 10.3. The van der Waals surface area contributed by atoms with E-state index in [9.17, 15) is 4.79 Å². The zero-order valence-electron chi connectivity index (χ0n) is 8.00. The number of aromatic nitrogens is 1. The van der Waals surface area contributed by atoms with Gasteiger partial charge in [-0.3, -0.25) is 0 Å². The Morgan fingerprint density at radius 3 is 3.00 bits per heavy atom. The van der Waals surface area contributed by atoms with E-state index in [4.69, 9.17) is 21.1 Å². The molecule has 4 nitrogen and oxygen atoms in total. The number of nitrogens with zero attached hydrogens (tertiary/aromatic N) is 1. The van der Waals surface area contributed by atoms with Crippen LogP contribution in [0.5, 0.6) is 0 Å². The van der Waals surface area contributed by atoms with E-state index in [-0.39, 0.29) is 17.3 Å². The van der Waals surface area contributed by atoms with Crippen molar-refractivity contribution in [2.75, 3.05) is 20.3 Å². The van der Waals surface area contributed by atoms with Gasteiger partial charge in [-0.15, -0.1) is 0 Å². The van der Waals surface area contributed by atoms with Gasteiger partial charge in [0.15, 0.2) is 0 Å². The van der Waals surface area contributed by atoms with Crippen molar-refractivity contribution in [2.45, 2.75) is 0 Å². The maximum Gasteiger partial charge on any atom is 0.341 e. The highest BCUT2D eigenvalue weighted by Crippen LogP contribution is 2.18. The molecule has 1 aromatic heterocycles. The van der Waals surface area contributed by atoms with Crippen LogP contribution in [0, 0.1) is 0 Å². The Labute approximate surface area is 101 Å². The lowest BCUT2D eigenvalue weighted by atomic mass is 10.3. The molecule has 1 heterocycles. The number of carbonyl (C=O) groups is 1. The first-order valence-electron chi connectivity index (χ1n) is 4.12. The van der Waals surface area contributed by atoms with E-state index in [1.165, 1.54) is 13.3 Å². The van der Waals surface area contributed by atoms with E-state index in [0.29, 0.717) is 11.1 Å². The smallest absolute Gasteiger partial charge is 0.341 e. The fraction of sp³-hybridized carbons (Fsp3) is 0.333. The van der Waals surface area contributed by atoms with Crippen LogP contribution in [-0.2, 0) is 9.47 Å². The molecular formula is C9H9BrClNO3. The highest BCUT2D eigenvalue weighted by molar-refractivity contribution is 9.10. The molecule has 0 fully saturated rings. The highest BCUT2D eigenvalue weighted by Gasteiger charge is 2.13. The monoisotopic (exact) mass is 293 g/mol. The summed E-state index contributed by atoms with van der Waals surface area (Å²) in [5, 5.41) is 0.126. The van der Waals surface area contributed by atoms with Crippen molar-refractivity contribution in [3.63, 3.8) is 0 Å². The first-order valence-corrected chi connectivity index (χ1v) is 5.29. The Morgan fingerprint density at radius 1 is 1.60 bits per heavy atom. The molecular weight excluding hydrogens is 285 g/mol. The maximum atomic E-state index is 11.5. The van der Waals surface area contributed by atoms with Crippen LogP contribution in [0.3, 0.4) is 0 Å². The maximum absolute atomic E-state index is 11.5. The summed E-state index contributed by atoms with van der Waals surface area (Å²) in [6.45, 7) is 0.545. The van der Waals surface area contributed by atoms with Gasteiger partial charge < -0.3 is 9.47 Å². The van der Waals surface area contributed by atoms with Gasteiger partial charge >= 0.3 is 5.97 Å². The molecule has 0 saturated heterocycles. The second-order valence-electron chi connectivity index (χ2n) is 2.62. The molecule has 0 aliphatic rings. The Morgan fingerprint density at radius 2 is 2.33 bits per heavy atom. The third kappa shape index (κ3) is 3.77. The molecule has 0 aliphatic heterocycles. The van der Waals surface area contributed by atoms with Crippen LogP contribution in [0.25, 0.3) is 0 Å². The predicted octanol–water partition coefficient (Wildman–Crippen LogP) is 2.30. The largest absolute Gasteiger partial charge is 0.460 e. The summed E-state index contributed by atoms with van der Waals surface area (Å²) < 4.78 is 10.3. The number of hydrogen-bond acceptors (Lipinski definition) is 4. The third-order valence-electron chi connectivity index (χ3n) is 1.55. The van der Waals surface area contributed by atoms with Crippen molar-refractivity contribution in [1.29, 1.82) is 0 Å². The summed E-state index contributed by atoms with van der Waals surface area (Å²) in [5.41, 5.74) is 0.238. The molecule has 0 spiro atoms. The number of rotatable bonds is 4. The van der Waals surface area contributed by atoms with Crippen molar-refractivity contribution in [2.24, 2.45) is 0 Å². The summed E-state index contributed by atoms with van der Waals surface area (Å²) >= 11 is 8.93. The van der Waals surface area contributed by atoms with Gasteiger partial charge in [0.25, 0.3) is 0 Å². The van der Waals surface area contributed by atoms with Crippen molar-refractivity contribution in [3.05, 3.63) is 27.5 Å². The Bertz CT molecular complexity index is 359. The summed E-state index contributed by atoms with van der Waals surface area (Å²) in [4.78, 5) is 15.3. The van der Waals surface area contributed by atoms with Crippen LogP contribution in [0.1, 0.15) is 10.4 Å². The number of carbonyl (C=O) groups excluding carboxylic acids is 1. The molecule has 0 aliphatic carbocycles. The van der Waals surface area contributed by atoms with E-state index >= 15 is 0 Å². The number of halogens is 2. The zero-order chi connectivity index (χ0) is 11.3. The Kier molecular flexibility index (Phi) is 5.01. The Hall–Kier alpha value is -0.650. The van der Waals surface area contributed by atoms with Gasteiger partial charge in [-0.05, 0) is 22.0 Å². The molecule has 1 aromatic rings. The first-order chi connectivity index (χ1) is 7.15. The predicted molar refractivity (Wildman–Crippen MR) is 59.1 cm³/mol. The topological polar surface area (TPSA) is 48.4 Å². The second-order valence-corrected chi connectivity index (χ2v) is 3.89. The molecule has 15 heavy (non-hydrogen) atoms. The molecule has 0 N–H and O–H groups in total. The molecule has 0 bridgehead atoms. The van der Waals surface area contributed by atoms with Crippen LogP contribution in [0.2, 0.25) is 5.15 Å². The van der Waals surface area contributed by atoms with Gasteiger partial charge in [-0.25, -0.2) is 9.78 Å².